The Balaban J connectivity index is 1.56. The van der Waals surface area contributed by atoms with Crippen LogP contribution >= 0.6 is 23.1 Å². The normalized spacial score (nSPS) is 21.4. The summed E-state index contributed by atoms with van der Waals surface area (Å²) in [5.74, 6) is -0.145. The molecule has 2 aliphatic heterocycles. The summed E-state index contributed by atoms with van der Waals surface area (Å²) in [7, 11) is 0. The lowest BCUT2D eigenvalue weighted by atomic mass is 10.0. The highest BCUT2D eigenvalue weighted by atomic mass is 32.2. The van der Waals surface area contributed by atoms with Gasteiger partial charge in [0.1, 0.15) is 0 Å². The Bertz CT molecular complexity index is 923. The van der Waals surface area contributed by atoms with Crippen LogP contribution in [0.15, 0.2) is 33.9 Å². The molecule has 2 aromatic heterocycles. The van der Waals surface area contributed by atoms with Crippen LogP contribution in [0.3, 0.4) is 0 Å². The lowest BCUT2D eigenvalue weighted by Gasteiger charge is -2.28. The van der Waals surface area contributed by atoms with Crippen LogP contribution in [0, 0.1) is 0 Å². The van der Waals surface area contributed by atoms with E-state index < -0.39 is 12.0 Å². The molecule has 4 heterocycles. The Morgan fingerprint density at radius 2 is 2.40 bits per heavy atom. The Hall–Kier alpha value is -2.44. The molecule has 2 amide bonds. The van der Waals surface area contributed by atoms with Crippen molar-refractivity contribution in [3.63, 3.8) is 0 Å². The van der Waals surface area contributed by atoms with E-state index in [1.165, 1.54) is 23.1 Å². The largest absolute Gasteiger partial charge is 0.463 e. The number of nitrogens with one attached hydrogen (secondary N) is 2. The number of amides is 2. The lowest BCUT2D eigenvalue weighted by molar-refractivity contribution is -0.139. The number of ether oxygens (including phenoxy) is 2. The number of tetrazole rings is 1. The molecule has 12 heteroatoms. The van der Waals surface area contributed by atoms with Gasteiger partial charge in [0.2, 0.25) is 5.16 Å². The zero-order valence-corrected chi connectivity index (χ0v) is 18.0. The number of thioether (sulfide) groups is 1. The topological polar surface area (TPSA) is 120 Å². The van der Waals surface area contributed by atoms with Crippen LogP contribution < -0.4 is 10.6 Å². The molecule has 160 valence electrons. The van der Waals surface area contributed by atoms with E-state index >= 15 is 0 Å². The monoisotopic (exact) mass is 450 g/mol. The Kier molecular flexibility index (Phi) is 6.65. The number of thiophene rings is 1. The van der Waals surface area contributed by atoms with E-state index in [1.807, 2.05) is 17.5 Å². The summed E-state index contributed by atoms with van der Waals surface area (Å²) in [5.41, 5.74) is 0.886. The first kappa shape index (κ1) is 20.8. The first-order chi connectivity index (χ1) is 14.7. The van der Waals surface area contributed by atoms with E-state index in [0.717, 1.165) is 24.3 Å². The third-order valence-corrected chi connectivity index (χ3v) is 6.64. The highest BCUT2D eigenvalue weighted by Crippen LogP contribution is 2.32. The van der Waals surface area contributed by atoms with Gasteiger partial charge in [-0.3, -0.25) is 0 Å². The van der Waals surface area contributed by atoms with Gasteiger partial charge >= 0.3 is 12.0 Å². The zero-order valence-electron chi connectivity index (χ0n) is 16.4. The molecule has 0 bridgehead atoms. The van der Waals surface area contributed by atoms with Crippen LogP contribution in [0.25, 0.3) is 0 Å². The van der Waals surface area contributed by atoms with E-state index in [9.17, 15) is 9.59 Å². The van der Waals surface area contributed by atoms with E-state index in [2.05, 4.69) is 26.2 Å². The smallest absolute Gasteiger partial charge is 0.338 e. The van der Waals surface area contributed by atoms with Crippen LogP contribution in [0.4, 0.5) is 4.79 Å². The van der Waals surface area contributed by atoms with Crippen LogP contribution in [0.2, 0.25) is 0 Å². The molecule has 0 aromatic carbocycles. The van der Waals surface area contributed by atoms with E-state index in [-0.39, 0.29) is 18.7 Å². The first-order valence-electron chi connectivity index (χ1n) is 9.67. The highest BCUT2D eigenvalue weighted by Gasteiger charge is 2.34. The SMILES string of the molecule is CCOC(=O)C1=C(CSc2nnnn2CC2CCCO2)NC(=O)NC1c1cccs1. The summed E-state index contributed by atoms with van der Waals surface area (Å²) in [4.78, 5) is 25.9. The molecule has 0 spiro atoms. The fraction of sp³-hybridized carbons (Fsp3) is 0.500. The number of aromatic nitrogens is 4. The average molecular weight is 451 g/mol. The molecule has 0 radical (unpaired) electrons. The van der Waals surface area contributed by atoms with Gasteiger partial charge in [0.15, 0.2) is 0 Å². The van der Waals surface area contributed by atoms with Crippen molar-refractivity contribution in [3.8, 4) is 0 Å². The lowest BCUT2D eigenvalue weighted by Crippen LogP contribution is -2.46. The van der Waals surface area contributed by atoms with Crippen LogP contribution in [-0.2, 0) is 20.8 Å². The number of nitrogens with zero attached hydrogens (tertiary/aromatic N) is 4. The summed E-state index contributed by atoms with van der Waals surface area (Å²) in [5, 5.41) is 20.0. The molecule has 10 nitrogen and oxygen atoms in total. The third-order valence-electron chi connectivity index (χ3n) is 4.72. The minimum atomic E-state index is -0.559. The fourth-order valence-corrected chi connectivity index (χ4v) is 5.02. The minimum Gasteiger partial charge on any atom is -0.463 e. The summed E-state index contributed by atoms with van der Waals surface area (Å²) >= 11 is 2.82. The molecule has 2 atom stereocenters. The van der Waals surface area contributed by atoms with E-state index in [0.29, 0.717) is 28.7 Å². The van der Waals surface area contributed by atoms with Gasteiger partial charge in [-0.1, -0.05) is 17.8 Å². The first-order valence-corrected chi connectivity index (χ1v) is 11.5. The number of urea groups is 1. The standard InChI is InChI=1S/C18H22N6O4S2/c1-2-27-16(25)14-12(19-17(26)20-15(14)13-6-4-8-29-13)10-30-18-21-22-23-24(18)9-11-5-3-7-28-11/h4,6,8,11,15H,2-3,5,7,9-10H2,1H3,(H2,19,20,26). The van der Waals surface area contributed by atoms with Crippen molar-refractivity contribution < 1.29 is 19.1 Å². The predicted octanol–water partition coefficient (Wildman–Crippen LogP) is 1.88. The Labute approximate surface area is 181 Å². The molecule has 0 saturated carbocycles. The van der Waals surface area contributed by atoms with Gasteiger partial charge in [-0.15, -0.1) is 16.4 Å². The maximum atomic E-state index is 12.7. The van der Waals surface area contributed by atoms with Gasteiger partial charge in [-0.2, -0.15) is 0 Å². The van der Waals surface area contributed by atoms with Crippen molar-refractivity contribution in [2.24, 2.45) is 0 Å². The molecule has 0 aliphatic carbocycles. The van der Waals surface area contributed by atoms with Crippen molar-refractivity contribution in [2.45, 2.75) is 43.6 Å². The van der Waals surface area contributed by atoms with Crippen molar-refractivity contribution in [2.75, 3.05) is 19.0 Å². The van der Waals surface area contributed by atoms with Crippen molar-refractivity contribution in [1.29, 1.82) is 0 Å². The second kappa shape index (κ2) is 9.58. The van der Waals surface area contributed by atoms with Crippen molar-refractivity contribution in [1.82, 2.24) is 30.8 Å². The maximum absolute atomic E-state index is 12.7. The number of esters is 1. The van der Waals surface area contributed by atoms with Gasteiger partial charge < -0.3 is 20.1 Å². The van der Waals surface area contributed by atoms with Gasteiger partial charge in [0.05, 0.1) is 30.9 Å². The average Bonchev–Trinajstić information content (AvgIpc) is 3.50. The Morgan fingerprint density at radius 1 is 1.50 bits per heavy atom. The molecule has 2 aliphatic rings. The summed E-state index contributed by atoms with van der Waals surface area (Å²) < 4.78 is 12.6. The second-order valence-electron chi connectivity index (χ2n) is 6.73. The summed E-state index contributed by atoms with van der Waals surface area (Å²) in [6.07, 6.45) is 2.12. The number of carbonyl (C=O) groups is 2. The summed E-state index contributed by atoms with van der Waals surface area (Å²) in [6.45, 7) is 3.33. The third kappa shape index (κ3) is 4.65. The molecule has 4 rings (SSSR count). The number of rotatable bonds is 8. The molecule has 2 aromatic rings. The molecular formula is C18H22N6O4S2. The van der Waals surface area contributed by atoms with Gasteiger partial charge in [0.25, 0.3) is 0 Å². The van der Waals surface area contributed by atoms with Gasteiger partial charge in [0, 0.05) is 22.9 Å². The molecule has 2 N–H and O–H groups in total. The quantitative estimate of drug-likeness (QED) is 0.462. The molecular weight excluding hydrogens is 428 g/mol. The summed E-state index contributed by atoms with van der Waals surface area (Å²) in [6, 6.07) is 2.84. The molecule has 1 fully saturated rings. The zero-order chi connectivity index (χ0) is 20.9. The van der Waals surface area contributed by atoms with Crippen LogP contribution in [0.5, 0.6) is 0 Å². The predicted molar refractivity (Wildman–Crippen MR) is 110 cm³/mol. The number of hydrogen-bond acceptors (Lipinski definition) is 9. The maximum Gasteiger partial charge on any atom is 0.338 e. The van der Waals surface area contributed by atoms with E-state index in [4.69, 9.17) is 9.47 Å². The molecule has 1 saturated heterocycles. The second-order valence-corrected chi connectivity index (χ2v) is 8.65. The fourth-order valence-electron chi connectivity index (χ4n) is 3.38. The number of hydrogen-bond donors (Lipinski definition) is 2. The van der Waals surface area contributed by atoms with Crippen molar-refractivity contribution in [3.05, 3.63) is 33.7 Å². The minimum absolute atomic E-state index is 0.101. The van der Waals surface area contributed by atoms with E-state index in [1.54, 1.807) is 11.6 Å². The van der Waals surface area contributed by atoms with Crippen LogP contribution in [0.1, 0.15) is 30.7 Å². The van der Waals surface area contributed by atoms with Crippen molar-refractivity contribution >= 4 is 35.1 Å². The molecule has 30 heavy (non-hydrogen) atoms. The van der Waals surface area contributed by atoms with Gasteiger partial charge in [-0.05, 0) is 41.6 Å². The molecule has 2 unspecified atom stereocenters. The number of carbonyl (C=O) groups excluding carboxylic acids is 2. The highest BCUT2D eigenvalue weighted by molar-refractivity contribution is 7.99. The Morgan fingerprint density at radius 3 is 3.13 bits per heavy atom. The van der Waals surface area contributed by atoms with Gasteiger partial charge in [-0.25, -0.2) is 14.3 Å². The van der Waals surface area contributed by atoms with Crippen LogP contribution in [-0.4, -0.2) is 57.3 Å².